The average molecular weight is 370 g/mol. The fourth-order valence-electron chi connectivity index (χ4n) is 3.36. The van der Waals surface area contributed by atoms with Gasteiger partial charge in [-0.25, -0.2) is 0 Å². The van der Waals surface area contributed by atoms with Gasteiger partial charge < -0.3 is 10.1 Å². The van der Waals surface area contributed by atoms with Gasteiger partial charge in [-0.1, -0.05) is 70.2 Å². The van der Waals surface area contributed by atoms with Crippen molar-refractivity contribution in [2.24, 2.45) is 0 Å². The number of hydrogen-bond donors (Lipinski definition) is 2. The van der Waals surface area contributed by atoms with Gasteiger partial charge in [-0.2, -0.15) is 0 Å². The maximum atomic E-state index is 12.3. The van der Waals surface area contributed by atoms with Crippen LogP contribution in [-0.4, -0.2) is 25.6 Å². The van der Waals surface area contributed by atoms with E-state index >= 15 is 0 Å². The molecule has 0 unspecified atom stereocenters. The lowest BCUT2D eigenvalue weighted by Crippen LogP contribution is -2.42. The summed E-state index contributed by atoms with van der Waals surface area (Å²) in [7, 11) is -2.25. The molecular weight excluding hydrogens is 338 g/mol. The van der Waals surface area contributed by atoms with Gasteiger partial charge in [0, 0.05) is 12.1 Å². The molecule has 140 valence electrons. The predicted molar refractivity (Wildman–Crippen MR) is 112 cm³/mol. The van der Waals surface area contributed by atoms with E-state index in [2.05, 4.69) is 45.1 Å². The van der Waals surface area contributed by atoms with Gasteiger partial charge in [-0.05, 0) is 46.8 Å². The highest BCUT2D eigenvalue weighted by atomic mass is 28.4. The van der Waals surface area contributed by atoms with Crippen molar-refractivity contribution in [2.45, 2.75) is 51.2 Å². The number of nitrogens with one attached hydrogen (secondary N) is 1. The van der Waals surface area contributed by atoms with E-state index in [1.807, 2.05) is 42.5 Å². The number of amides is 1. The molecule has 0 aliphatic carbocycles. The highest BCUT2D eigenvalue weighted by Gasteiger charge is 2.37. The summed E-state index contributed by atoms with van der Waals surface area (Å²) in [5.74, 6) is -0.0519. The van der Waals surface area contributed by atoms with E-state index in [4.69, 9.17) is 0 Å². The van der Waals surface area contributed by atoms with Gasteiger partial charge in [0.25, 0.3) is 5.91 Å². The van der Waals surface area contributed by atoms with Crippen molar-refractivity contribution in [1.82, 2.24) is 5.32 Å². The zero-order valence-electron chi connectivity index (χ0n) is 16.3. The molecule has 2 rings (SSSR count). The molecule has 0 bridgehead atoms. The zero-order chi connectivity index (χ0) is 19.2. The van der Waals surface area contributed by atoms with Crippen molar-refractivity contribution >= 4 is 14.2 Å². The van der Waals surface area contributed by atoms with Crippen molar-refractivity contribution < 1.29 is 9.59 Å². The molecule has 2 aromatic rings. The first kappa shape index (κ1) is 20.4. The van der Waals surface area contributed by atoms with Crippen molar-refractivity contribution in [1.29, 1.82) is 0 Å². The first-order valence-electron chi connectivity index (χ1n) is 9.50. The third-order valence-electron chi connectivity index (χ3n) is 5.29. The Morgan fingerprint density at radius 3 is 2.00 bits per heavy atom. The standard InChI is InChI=1S/C22H31NO2Si/c1-17(2)26(25,18(3)4)16-8-15-23-22(24)21-13-11-20(12-14-21)19-9-6-5-7-10-19/h5-7,9-14,17-18,25H,8,15-16H2,1-4H3,(H,23,24). The Morgan fingerprint density at radius 2 is 1.46 bits per heavy atom. The molecule has 0 fully saturated rings. The monoisotopic (exact) mass is 369 g/mol. The SMILES string of the molecule is CC(C)[Si](O)(CCCNC(=O)c1ccc(-c2ccccc2)cc1)C(C)C. The van der Waals surface area contributed by atoms with Crippen LogP contribution in [0.4, 0.5) is 0 Å². The number of hydrogen-bond acceptors (Lipinski definition) is 2. The minimum atomic E-state index is -2.25. The molecule has 4 heteroatoms. The molecule has 0 radical (unpaired) electrons. The molecule has 0 aliphatic heterocycles. The quantitative estimate of drug-likeness (QED) is 0.494. The van der Waals surface area contributed by atoms with Crippen molar-refractivity contribution in [3.05, 3.63) is 60.2 Å². The first-order valence-corrected chi connectivity index (χ1v) is 11.8. The Kier molecular flexibility index (Phi) is 7.18. The molecule has 2 aromatic carbocycles. The second-order valence-corrected chi connectivity index (χ2v) is 12.4. The summed E-state index contributed by atoms with van der Waals surface area (Å²) in [4.78, 5) is 23.2. The maximum absolute atomic E-state index is 12.3. The van der Waals surface area contributed by atoms with E-state index in [1.165, 1.54) is 0 Å². The van der Waals surface area contributed by atoms with E-state index in [0.29, 0.717) is 23.2 Å². The Hall–Kier alpha value is -1.91. The van der Waals surface area contributed by atoms with Crippen LogP contribution in [0.5, 0.6) is 0 Å². The van der Waals surface area contributed by atoms with E-state index in [-0.39, 0.29) is 5.91 Å². The molecule has 0 atom stereocenters. The van der Waals surface area contributed by atoms with Gasteiger partial charge in [-0.3, -0.25) is 4.79 Å². The largest absolute Gasteiger partial charge is 0.431 e. The number of carbonyl (C=O) groups is 1. The zero-order valence-corrected chi connectivity index (χ0v) is 17.3. The van der Waals surface area contributed by atoms with Gasteiger partial charge in [0.1, 0.15) is 0 Å². The van der Waals surface area contributed by atoms with Crippen LogP contribution in [-0.2, 0) is 0 Å². The maximum Gasteiger partial charge on any atom is 0.251 e. The first-order chi connectivity index (χ1) is 12.3. The summed E-state index contributed by atoms with van der Waals surface area (Å²) in [5, 5.41) is 2.98. The van der Waals surface area contributed by atoms with Crippen LogP contribution < -0.4 is 5.32 Å². The fraction of sp³-hybridized carbons (Fsp3) is 0.409. The van der Waals surface area contributed by atoms with Gasteiger partial charge in [0.05, 0.1) is 0 Å². The van der Waals surface area contributed by atoms with Gasteiger partial charge in [0.2, 0.25) is 0 Å². The fourth-order valence-corrected chi connectivity index (χ4v) is 6.60. The lowest BCUT2D eigenvalue weighted by Gasteiger charge is -2.33. The van der Waals surface area contributed by atoms with Crippen molar-refractivity contribution in [2.75, 3.05) is 6.54 Å². The molecule has 26 heavy (non-hydrogen) atoms. The van der Waals surface area contributed by atoms with Crippen LogP contribution in [0.15, 0.2) is 54.6 Å². The average Bonchev–Trinajstić information content (AvgIpc) is 2.65. The molecule has 0 saturated carbocycles. The summed E-state index contributed by atoms with van der Waals surface area (Å²) < 4.78 is 0. The number of carbonyl (C=O) groups excluding carboxylic acids is 1. The molecule has 0 saturated heterocycles. The summed E-state index contributed by atoms with van der Waals surface area (Å²) in [6, 6.07) is 18.6. The summed E-state index contributed by atoms with van der Waals surface area (Å²) in [5.41, 5.74) is 3.59. The summed E-state index contributed by atoms with van der Waals surface area (Å²) in [6.07, 6.45) is 0.826. The summed E-state index contributed by atoms with van der Waals surface area (Å²) >= 11 is 0. The lowest BCUT2D eigenvalue weighted by molar-refractivity contribution is 0.0953. The third kappa shape index (κ3) is 5.05. The molecule has 3 nitrogen and oxygen atoms in total. The molecule has 0 aliphatic rings. The smallest absolute Gasteiger partial charge is 0.251 e. The Bertz CT molecular complexity index is 688. The van der Waals surface area contributed by atoms with E-state index in [9.17, 15) is 9.59 Å². The van der Waals surface area contributed by atoms with Gasteiger partial charge >= 0.3 is 0 Å². The molecule has 0 aromatic heterocycles. The third-order valence-corrected chi connectivity index (χ3v) is 10.4. The van der Waals surface area contributed by atoms with Crippen LogP contribution in [0.1, 0.15) is 44.5 Å². The molecular formula is C22H31NO2Si. The normalized spacial score (nSPS) is 11.8. The topological polar surface area (TPSA) is 49.3 Å². The van der Waals surface area contributed by atoms with Gasteiger partial charge in [0.15, 0.2) is 8.32 Å². The Balaban J connectivity index is 1.87. The minimum Gasteiger partial charge on any atom is -0.431 e. The second kappa shape index (κ2) is 9.15. The lowest BCUT2D eigenvalue weighted by atomic mass is 10.0. The van der Waals surface area contributed by atoms with Crippen LogP contribution in [0.3, 0.4) is 0 Å². The molecule has 2 N–H and O–H groups in total. The second-order valence-electron chi connectivity index (χ2n) is 7.60. The van der Waals surface area contributed by atoms with Crippen molar-refractivity contribution in [3.63, 3.8) is 0 Å². The van der Waals surface area contributed by atoms with E-state index in [1.54, 1.807) is 0 Å². The highest BCUT2D eigenvalue weighted by molar-refractivity contribution is 6.75. The Labute approximate surface area is 158 Å². The minimum absolute atomic E-state index is 0.0519. The van der Waals surface area contributed by atoms with Crippen LogP contribution >= 0.6 is 0 Å². The number of rotatable bonds is 8. The summed E-state index contributed by atoms with van der Waals surface area (Å²) in [6.45, 7) is 9.05. The van der Waals surface area contributed by atoms with E-state index < -0.39 is 8.32 Å². The molecule has 0 spiro atoms. The van der Waals surface area contributed by atoms with Crippen LogP contribution in [0.2, 0.25) is 17.1 Å². The van der Waals surface area contributed by atoms with E-state index in [0.717, 1.165) is 23.6 Å². The highest BCUT2D eigenvalue weighted by Crippen LogP contribution is 2.33. The Morgan fingerprint density at radius 1 is 0.923 bits per heavy atom. The van der Waals surface area contributed by atoms with Crippen LogP contribution in [0.25, 0.3) is 11.1 Å². The molecule has 0 heterocycles. The predicted octanol–water partition coefficient (Wildman–Crippen LogP) is 5.23. The van der Waals surface area contributed by atoms with Crippen molar-refractivity contribution in [3.8, 4) is 11.1 Å². The number of benzene rings is 2. The van der Waals surface area contributed by atoms with Gasteiger partial charge in [-0.15, -0.1) is 0 Å². The van der Waals surface area contributed by atoms with Crippen LogP contribution in [0, 0.1) is 0 Å². The molecule has 1 amide bonds.